The molecular weight excluding hydrogens is 823 g/mol. The third-order valence-corrected chi connectivity index (χ3v) is 12.7. The first-order valence-corrected chi connectivity index (χ1v) is 28.0. The number of unbranched alkanes of at least 4 members (excludes halogenated alkanes) is 31. The summed E-state index contributed by atoms with van der Waals surface area (Å²) in [6.07, 6.45) is 58.9. The van der Waals surface area contributed by atoms with Gasteiger partial charge in [-0.2, -0.15) is 0 Å². The second kappa shape index (κ2) is 49.0. The van der Waals surface area contributed by atoms with Gasteiger partial charge in [0.05, 0.1) is 40.3 Å². The minimum Gasteiger partial charge on any atom is -0.544 e. The first kappa shape index (κ1) is 63.5. The lowest BCUT2D eigenvalue weighted by atomic mass is 10.1. The molecule has 0 bridgehead atoms. The molecule has 2 unspecified atom stereocenters. The van der Waals surface area contributed by atoms with E-state index in [1.165, 1.54) is 186 Å². The van der Waals surface area contributed by atoms with Crippen LogP contribution < -0.4 is 5.11 Å². The number of rotatable bonds is 51. The van der Waals surface area contributed by atoms with E-state index in [1.807, 2.05) is 21.1 Å². The summed E-state index contributed by atoms with van der Waals surface area (Å²) in [5, 5.41) is 11.7. The number of esters is 2. The summed E-state index contributed by atoms with van der Waals surface area (Å²) < 4.78 is 17.3. The van der Waals surface area contributed by atoms with Crippen molar-refractivity contribution in [2.75, 3.05) is 41.0 Å². The molecule has 8 heteroatoms. The van der Waals surface area contributed by atoms with E-state index in [1.54, 1.807) is 0 Å². The Kier molecular flexibility index (Phi) is 47.2. The molecule has 8 nitrogen and oxygen atoms in total. The van der Waals surface area contributed by atoms with Gasteiger partial charge in [0, 0.05) is 19.3 Å². The molecule has 0 aromatic heterocycles. The molecule has 0 saturated heterocycles. The molecular formula is C58H107NO7. The number of aliphatic carboxylic acids is 1. The average molecular weight is 930 g/mol. The van der Waals surface area contributed by atoms with E-state index < -0.39 is 18.1 Å². The first-order chi connectivity index (χ1) is 32.1. The summed E-state index contributed by atoms with van der Waals surface area (Å²) in [6, 6.07) is -0.727. The topological polar surface area (TPSA) is 102 Å². The van der Waals surface area contributed by atoms with Crippen LogP contribution in [0.1, 0.15) is 264 Å². The highest BCUT2D eigenvalue weighted by Crippen LogP contribution is 2.16. The number of nitrogens with zero attached hydrogens (tertiary/aromatic N) is 1. The molecule has 0 amide bonds. The summed E-state index contributed by atoms with van der Waals surface area (Å²) >= 11 is 0. The number of ether oxygens (including phenoxy) is 3. The van der Waals surface area contributed by atoms with Crippen molar-refractivity contribution >= 4 is 17.9 Å². The van der Waals surface area contributed by atoms with E-state index in [-0.39, 0.29) is 42.7 Å². The van der Waals surface area contributed by atoms with Gasteiger partial charge in [0.1, 0.15) is 12.6 Å². The summed E-state index contributed by atoms with van der Waals surface area (Å²) in [5.74, 6) is -1.73. The van der Waals surface area contributed by atoms with Crippen LogP contribution in [0.5, 0.6) is 0 Å². The average Bonchev–Trinajstić information content (AvgIpc) is 3.28. The molecule has 2 atom stereocenters. The maximum atomic E-state index is 12.8. The predicted molar refractivity (Wildman–Crippen MR) is 277 cm³/mol. The molecule has 0 fully saturated rings. The Morgan fingerprint density at radius 3 is 1.18 bits per heavy atom. The molecule has 0 aromatic rings. The summed E-state index contributed by atoms with van der Waals surface area (Å²) in [4.78, 5) is 37.1. The number of carboxylic acid groups (broad SMARTS) is 1. The molecule has 0 saturated carbocycles. The van der Waals surface area contributed by atoms with Crippen LogP contribution in [0.15, 0.2) is 36.5 Å². The van der Waals surface area contributed by atoms with Gasteiger partial charge in [0.25, 0.3) is 0 Å². The number of hydrogen-bond acceptors (Lipinski definition) is 7. The van der Waals surface area contributed by atoms with Crippen LogP contribution in [-0.2, 0) is 28.6 Å². The van der Waals surface area contributed by atoms with Crippen molar-refractivity contribution in [3.63, 3.8) is 0 Å². The molecule has 0 spiro atoms. The fourth-order valence-corrected chi connectivity index (χ4v) is 8.39. The lowest BCUT2D eigenvalue weighted by molar-refractivity contribution is -0.889. The van der Waals surface area contributed by atoms with Gasteiger partial charge in [-0.05, 0) is 70.6 Å². The Morgan fingerprint density at radius 2 is 0.803 bits per heavy atom. The number of allylic oxidation sites excluding steroid dienone is 6. The van der Waals surface area contributed by atoms with Gasteiger partial charge in [-0.1, -0.05) is 211 Å². The van der Waals surface area contributed by atoms with E-state index in [0.29, 0.717) is 12.8 Å². The van der Waals surface area contributed by atoms with Gasteiger partial charge in [0.15, 0.2) is 6.10 Å². The highest BCUT2D eigenvalue weighted by Gasteiger charge is 2.25. The number of quaternary nitrogens is 1. The Labute approximate surface area is 408 Å². The predicted octanol–water partition coefficient (Wildman–Crippen LogP) is 15.2. The van der Waals surface area contributed by atoms with Crippen molar-refractivity contribution in [2.45, 2.75) is 276 Å². The zero-order chi connectivity index (χ0) is 48.4. The summed E-state index contributed by atoms with van der Waals surface area (Å²) in [6.45, 7) is 4.69. The molecule has 0 rings (SSSR count). The van der Waals surface area contributed by atoms with Crippen molar-refractivity contribution < 1.29 is 38.2 Å². The van der Waals surface area contributed by atoms with E-state index in [0.717, 1.165) is 44.9 Å². The standard InChI is InChI=1S/C58H107NO7/c1-6-8-10-12-14-16-18-20-22-24-26-28-30-32-34-36-38-40-42-44-46-48-56(60)65-53-54(52-64-51-50-55(58(62)63)59(3,4)5)66-57(61)49-47-45-43-41-39-37-35-33-31-29-27-25-23-21-19-17-15-13-11-9-7-2/h19,21,24-27,54-55H,6-18,20,22-23,28-53H2,1-5H3/b21-19-,26-24-,27-25-. The van der Waals surface area contributed by atoms with Crippen LogP contribution in [0.4, 0.5) is 0 Å². The van der Waals surface area contributed by atoms with Crippen LogP contribution >= 0.6 is 0 Å². The fourth-order valence-electron chi connectivity index (χ4n) is 8.39. The highest BCUT2D eigenvalue weighted by atomic mass is 16.6. The number of likely N-dealkylation sites (N-methyl/N-ethyl adjacent to an activating group) is 1. The Morgan fingerprint density at radius 1 is 0.455 bits per heavy atom. The largest absolute Gasteiger partial charge is 0.544 e. The molecule has 0 N–H and O–H groups in total. The van der Waals surface area contributed by atoms with Crippen LogP contribution in [0.25, 0.3) is 0 Å². The molecule has 0 aliphatic carbocycles. The van der Waals surface area contributed by atoms with E-state index in [4.69, 9.17) is 14.2 Å². The molecule has 0 aliphatic rings. The van der Waals surface area contributed by atoms with Gasteiger partial charge in [-0.3, -0.25) is 9.59 Å². The quantitative estimate of drug-likeness (QED) is 0.0259. The van der Waals surface area contributed by atoms with E-state index >= 15 is 0 Å². The van der Waals surface area contributed by atoms with Crippen molar-refractivity contribution in [3.8, 4) is 0 Å². The monoisotopic (exact) mass is 930 g/mol. The first-order valence-electron chi connectivity index (χ1n) is 28.0. The molecule has 0 aliphatic heterocycles. The lowest BCUT2D eigenvalue weighted by Gasteiger charge is -2.34. The molecule has 66 heavy (non-hydrogen) atoms. The number of carbonyl (C=O) groups excluding carboxylic acids is 3. The Balaban J connectivity index is 4.19. The van der Waals surface area contributed by atoms with Crippen LogP contribution in [0.3, 0.4) is 0 Å². The maximum absolute atomic E-state index is 12.8. The second-order valence-corrected chi connectivity index (χ2v) is 20.2. The third kappa shape index (κ3) is 46.7. The minimum atomic E-state index is -1.12. The van der Waals surface area contributed by atoms with Crippen LogP contribution in [-0.4, -0.2) is 75.5 Å². The fraction of sp³-hybridized carbons (Fsp3) is 0.845. The second-order valence-electron chi connectivity index (χ2n) is 20.2. The van der Waals surface area contributed by atoms with Crippen molar-refractivity contribution in [3.05, 3.63) is 36.5 Å². The van der Waals surface area contributed by atoms with Crippen LogP contribution in [0, 0.1) is 0 Å². The van der Waals surface area contributed by atoms with Crippen molar-refractivity contribution in [1.82, 2.24) is 0 Å². The highest BCUT2D eigenvalue weighted by molar-refractivity contribution is 5.70. The molecule has 0 aromatic carbocycles. The number of carbonyl (C=O) groups is 3. The zero-order valence-electron chi connectivity index (χ0n) is 44.1. The Hall–Kier alpha value is -2.45. The van der Waals surface area contributed by atoms with Gasteiger partial charge >= 0.3 is 11.9 Å². The van der Waals surface area contributed by atoms with Gasteiger partial charge < -0.3 is 28.6 Å². The zero-order valence-corrected chi connectivity index (χ0v) is 44.1. The summed E-state index contributed by atoms with van der Waals surface area (Å²) in [7, 11) is 5.42. The van der Waals surface area contributed by atoms with E-state index in [2.05, 4.69) is 50.3 Å². The lowest BCUT2D eigenvalue weighted by Crippen LogP contribution is -2.55. The maximum Gasteiger partial charge on any atom is 0.306 e. The SMILES string of the molecule is CCCCCCC/C=C\C/C=C\CCCCCCCCCCCC(=O)OC(COCCC(C(=O)[O-])[N+](C)(C)C)COC(=O)CCCCCCCCCCC/C=C\CCCCCCCCCC. The smallest absolute Gasteiger partial charge is 0.306 e. The van der Waals surface area contributed by atoms with E-state index in [9.17, 15) is 19.5 Å². The van der Waals surface area contributed by atoms with Crippen molar-refractivity contribution in [1.29, 1.82) is 0 Å². The number of hydrogen-bond donors (Lipinski definition) is 0. The van der Waals surface area contributed by atoms with Gasteiger partial charge in [-0.25, -0.2) is 0 Å². The normalized spacial score (nSPS) is 13.0. The third-order valence-electron chi connectivity index (χ3n) is 12.7. The van der Waals surface area contributed by atoms with Crippen molar-refractivity contribution in [2.24, 2.45) is 0 Å². The molecule has 0 radical (unpaired) electrons. The molecule has 386 valence electrons. The van der Waals surface area contributed by atoms with Crippen LogP contribution in [0.2, 0.25) is 0 Å². The molecule has 0 heterocycles. The number of carboxylic acids is 1. The minimum absolute atomic E-state index is 0.0406. The summed E-state index contributed by atoms with van der Waals surface area (Å²) in [5.41, 5.74) is 0. The Bertz CT molecular complexity index is 1170. The van der Waals surface area contributed by atoms with Gasteiger partial charge in [-0.15, -0.1) is 0 Å². The van der Waals surface area contributed by atoms with Gasteiger partial charge in [0.2, 0.25) is 0 Å².